The van der Waals surface area contributed by atoms with Crippen LogP contribution in [0.25, 0.3) is 5.57 Å². The van der Waals surface area contributed by atoms with Crippen LogP contribution in [0.1, 0.15) is 74.8 Å². The van der Waals surface area contributed by atoms with Gasteiger partial charge >= 0.3 is 0 Å². The molecule has 0 saturated carbocycles. The number of likely N-dealkylation sites (tertiary alicyclic amines) is 1. The molecule has 0 radical (unpaired) electrons. The van der Waals surface area contributed by atoms with Crippen molar-refractivity contribution < 1.29 is 0 Å². The molecule has 0 amide bonds. The lowest BCUT2D eigenvalue weighted by Crippen LogP contribution is -2.37. The van der Waals surface area contributed by atoms with Crippen LogP contribution in [0.15, 0.2) is 168 Å². The van der Waals surface area contributed by atoms with Crippen molar-refractivity contribution in [3.8, 4) is 0 Å². The summed E-state index contributed by atoms with van der Waals surface area (Å²) in [5.41, 5.74) is 13.3. The quantitative estimate of drug-likeness (QED) is 0.317. The maximum Gasteiger partial charge on any atom is 0.0548 e. The van der Waals surface area contributed by atoms with Gasteiger partial charge in [-0.25, -0.2) is 0 Å². The minimum absolute atomic E-state index is 0.444. The Balaban J connectivity index is 0.942. The van der Waals surface area contributed by atoms with Crippen LogP contribution in [-0.2, 0) is 0 Å². The van der Waals surface area contributed by atoms with E-state index in [0.717, 1.165) is 32.1 Å². The number of nitrogens with zero attached hydrogens (tertiary/aromatic N) is 2. The van der Waals surface area contributed by atoms with Crippen molar-refractivity contribution in [3.63, 3.8) is 0 Å². The molecule has 50 heavy (non-hydrogen) atoms. The maximum atomic E-state index is 2.79. The van der Waals surface area contributed by atoms with Crippen molar-refractivity contribution in [2.75, 3.05) is 4.90 Å². The second kappa shape index (κ2) is 12.6. The molecule has 1 saturated heterocycles. The van der Waals surface area contributed by atoms with E-state index in [9.17, 15) is 0 Å². The summed E-state index contributed by atoms with van der Waals surface area (Å²) in [4.78, 5) is 5.53. The van der Waals surface area contributed by atoms with E-state index in [-0.39, 0.29) is 0 Å². The topological polar surface area (TPSA) is 6.48 Å². The van der Waals surface area contributed by atoms with Crippen LogP contribution < -0.4 is 4.90 Å². The van der Waals surface area contributed by atoms with Crippen molar-refractivity contribution in [2.24, 2.45) is 17.8 Å². The molecule has 10 rings (SSSR count). The molecule has 8 aliphatic rings. The predicted octanol–water partition coefficient (Wildman–Crippen LogP) is 11.3. The normalized spacial score (nSPS) is 32.2. The lowest BCUT2D eigenvalue weighted by Gasteiger charge is -2.38. The van der Waals surface area contributed by atoms with Crippen LogP contribution in [0, 0.1) is 17.8 Å². The fraction of sp³-hybridized carbons (Fsp3) is 0.333. The smallest absolute Gasteiger partial charge is 0.0548 e. The van der Waals surface area contributed by atoms with E-state index < -0.39 is 0 Å². The van der Waals surface area contributed by atoms with Gasteiger partial charge in [-0.2, -0.15) is 0 Å². The van der Waals surface area contributed by atoms with Gasteiger partial charge in [0.15, 0.2) is 0 Å². The Morgan fingerprint density at radius 3 is 2.34 bits per heavy atom. The zero-order valence-corrected chi connectivity index (χ0v) is 29.1. The highest BCUT2D eigenvalue weighted by molar-refractivity contribution is 5.76. The van der Waals surface area contributed by atoms with Crippen molar-refractivity contribution in [1.29, 1.82) is 0 Å². The molecular weight excluding hydrogens is 605 g/mol. The van der Waals surface area contributed by atoms with Crippen LogP contribution in [0.3, 0.4) is 0 Å². The van der Waals surface area contributed by atoms with Gasteiger partial charge < -0.3 is 9.80 Å². The fourth-order valence-electron chi connectivity index (χ4n) is 10.6. The van der Waals surface area contributed by atoms with Gasteiger partial charge in [-0.3, -0.25) is 0 Å². The highest BCUT2D eigenvalue weighted by atomic mass is 15.2. The molecule has 2 heterocycles. The Morgan fingerprint density at radius 2 is 1.50 bits per heavy atom. The van der Waals surface area contributed by atoms with Gasteiger partial charge in [0, 0.05) is 40.9 Å². The number of fused-ring (bicyclic) bond motifs is 5. The molecule has 7 unspecified atom stereocenters. The van der Waals surface area contributed by atoms with E-state index in [1.165, 1.54) is 53.8 Å². The third kappa shape index (κ3) is 5.13. The van der Waals surface area contributed by atoms with Gasteiger partial charge in [0.25, 0.3) is 0 Å². The molecular formula is C48H48N2. The number of allylic oxidation sites excluding steroid dienone is 14. The summed E-state index contributed by atoms with van der Waals surface area (Å²) in [6.07, 6.45) is 44.9. The van der Waals surface area contributed by atoms with Crippen molar-refractivity contribution in [2.45, 2.75) is 81.8 Å². The molecule has 1 fully saturated rings. The molecule has 7 atom stereocenters. The van der Waals surface area contributed by atoms with Crippen molar-refractivity contribution in [3.05, 3.63) is 179 Å². The molecule has 2 aromatic carbocycles. The summed E-state index contributed by atoms with van der Waals surface area (Å²) >= 11 is 0. The molecule has 0 aromatic heterocycles. The maximum absolute atomic E-state index is 2.79. The molecule has 2 nitrogen and oxygen atoms in total. The van der Waals surface area contributed by atoms with E-state index in [4.69, 9.17) is 0 Å². The molecule has 2 aliphatic heterocycles. The lowest BCUT2D eigenvalue weighted by molar-refractivity contribution is 0.291. The van der Waals surface area contributed by atoms with Gasteiger partial charge in [0.05, 0.1) is 12.1 Å². The number of rotatable bonds is 5. The van der Waals surface area contributed by atoms with E-state index in [0.29, 0.717) is 41.8 Å². The standard InChI is InChI=1S/C48H48N2/c1-3-11-33(12-4-1)35-19-25-39(26-20-35)49-46-18-10-8-16-42(46)44-31-37(24-30-47(44)49)38-23-29-43-41-15-7-9-17-45(41)50(48(43)32-38)40-27-21-36(22-28-40)34-13-5-2-6-14-34/h2-3,5-9,11-17,19-21,25-28,31-32,36,41,43-45,47-48H,1,4,10,18,22-24,29-30H2. The summed E-state index contributed by atoms with van der Waals surface area (Å²) < 4.78 is 0. The number of hydrogen-bond acceptors (Lipinski definition) is 2. The molecule has 250 valence electrons. The Labute approximate surface area is 298 Å². The average molecular weight is 653 g/mol. The van der Waals surface area contributed by atoms with E-state index in [1.807, 2.05) is 0 Å². The first-order valence-corrected chi connectivity index (χ1v) is 19.4. The van der Waals surface area contributed by atoms with E-state index >= 15 is 0 Å². The van der Waals surface area contributed by atoms with Gasteiger partial charge in [0.1, 0.15) is 0 Å². The van der Waals surface area contributed by atoms with Crippen molar-refractivity contribution >= 4 is 11.3 Å². The lowest BCUT2D eigenvalue weighted by atomic mass is 9.74. The molecule has 2 heteroatoms. The summed E-state index contributed by atoms with van der Waals surface area (Å²) in [5, 5.41) is 0. The highest BCUT2D eigenvalue weighted by Crippen LogP contribution is 2.52. The van der Waals surface area contributed by atoms with Gasteiger partial charge in [0.2, 0.25) is 0 Å². The SMILES string of the molecule is C1=CC2C3CCC(C4=CC5C6=C(CCC=C6)N(c6ccc(C7=CCCC=C7)cc6)C5CC4)=CC3N(C3=CCC(c4ccccc4)C=C3)C2C=C1. The van der Waals surface area contributed by atoms with Crippen LogP contribution in [0.5, 0.6) is 0 Å². The number of benzene rings is 2. The van der Waals surface area contributed by atoms with Gasteiger partial charge in [-0.15, -0.1) is 0 Å². The largest absolute Gasteiger partial charge is 0.358 e. The zero-order valence-electron chi connectivity index (χ0n) is 29.1. The predicted molar refractivity (Wildman–Crippen MR) is 208 cm³/mol. The summed E-state index contributed by atoms with van der Waals surface area (Å²) in [7, 11) is 0. The third-order valence-electron chi connectivity index (χ3n) is 13.0. The van der Waals surface area contributed by atoms with E-state index in [1.54, 1.807) is 22.4 Å². The average Bonchev–Trinajstić information content (AvgIpc) is 3.71. The molecule has 2 aromatic rings. The Morgan fingerprint density at radius 1 is 0.660 bits per heavy atom. The second-order valence-corrected chi connectivity index (χ2v) is 15.6. The molecule has 0 spiro atoms. The highest BCUT2D eigenvalue weighted by Gasteiger charge is 2.49. The first kappa shape index (κ1) is 30.3. The van der Waals surface area contributed by atoms with Crippen LogP contribution in [0.4, 0.5) is 5.69 Å². The van der Waals surface area contributed by atoms with Gasteiger partial charge in [-0.1, -0.05) is 121 Å². The minimum Gasteiger partial charge on any atom is -0.358 e. The van der Waals surface area contributed by atoms with Crippen LogP contribution >= 0.6 is 0 Å². The molecule has 0 N–H and O–H groups in total. The monoisotopic (exact) mass is 652 g/mol. The Hall–Kier alpha value is -4.56. The third-order valence-corrected chi connectivity index (χ3v) is 13.0. The first-order valence-electron chi connectivity index (χ1n) is 19.4. The van der Waals surface area contributed by atoms with Crippen LogP contribution in [-0.4, -0.2) is 23.0 Å². The summed E-state index contributed by atoms with van der Waals surface area (Å²) in [6.45, 7) is 0. The zero-order chi connectivity index (χ0) is 33.0. The first-order chi connectivity index (χ1) is 24.8. The Bertz CT molecular complexity index is 1970. The molecule has 6 aliphatic carbocycles. The number of anilines is 1. The Kier molecular flexibility index (Phi) is 7.66. The second-order valence-electron chi connectivity index (χ2n) is 15.6. The molecule has 0 bridgehead atoms. The number of hydrogen-bond donors (Lipinski definition) is 0. The summed E-state index contributed by atoms with van der Waals surface area (Å²) in [6, 6.07) is 21.9. The van der Waals surface area contributed by atoms with Gasteiger partial charge in [-0.05, 0) is 115 Å². The van der Waals surface area contributed by atoms with E-state index in [2.05, 4.69) is 149 Å². The van der Waals surface area contributed by atoms with Crippen molar-refractivity contribution in [1.82, 2.24) is 4.90 Å². The minimum atomic E-state index is 0.444. The van der Waals surface area contributed by atoms with Crippen LogP contribution in [0.2, 0.25) is 0 Å². The fourth-order valence-corrected chi connectivity index (χ4v) is 10.6. The summed E-state index contributed by atoms with van der Waals surface area (Å²) in [5.74, 6) is 2.20.